The van der Waals surface area contributed by atoms with Gasteiger partial charge in [0, 0.05) is 24.7 Å². The van der Waals surface area contributed by atoms with Crippen molar-refractivity contribution < 1.29 is 13.7 Å². The van der Waals surface area contributed by atoms with Crippen LogP contribution in [0.5, 0.6) is 0 Å². The summed E-state index contributed by atoms with van der Waals surface area (Å²) >= 11 is 1.38. The fraction of sp³-hybridized carbons (Fsp3) is 0.0833. The number of hydrogen-bond acceptors (Lipinski definition) is 6. The van der Waals surface area contributed by atoms with Gasteiger partial charge in [0.25, 0.3) is 5.91 Å². The summed E-state index contributed by atoms with van der Waals surface area (Å²) in [6.45, 7) is 0. The summed E-state index contributed by atoms with van der Waals surface area (Å²) in [4.78, 5) is 17.7. The molecule has 3 rings (SSSR count). The zero-order valence-electron chi connectivity index (χ0n) is 9.94. The highest BCUT2D eigenvalue weighted by Crippen LogP contribution is 2.23. The van der Waals surface area contributed by atoms with Crippen molar-refractivity contribution in [1.82, 2.24) is 10.1 Å². The number of aromatic nitrogens is 2. The lowest BCUT2D eigenvalue weighted by Gasteiger charge is -2.10. The van der Waals surface area contributed by atoms with Gasteiger partial charge < -0.3 is 8.94 Å². The van der Waals surface area contributed by atoms with Crippen LogP contribution in [0.4, 0.5) is 5.13 Å². The zero-order chi connectivity index (χ0) is 13.2. The van der Waals surface area contributed by atoms with Crippen LogP contribution in [-0.4, -0.2) is 23.1 Å². The molecule has 0 saturated carbocycles. The molecule has 0 unspecified atom stereocenters. The molecule has 3 heterocycles. The number of furan rings is 1. The van der Waals surface area contributed by atoms with E-state index in [1.54, 1.807) is 36.8 Å². The summed E-state index contributed by atoms with van der Waals surface area (Å²) in [6.07, 6.45) is 3.17. The Hall–Kier alpha value is -2.41. The summed E-state index contributed by atoms with van der Waals surface area (Å²) in [5.41, 5.74) is 0.212. The van der Waals surface area contributed by atoms with Gasteiger partial charge in [-0.1, -0.05) is 5.16 Å². The van der Waals surface area contributed by atoms with Gasteiger partial charge in [-0.2, -0.15) is 0 Å². The quantitative estimate of drug-likeness (QED) is 0.734. The van der Waals surface area contributed by atoms with Gasteiger partial charge in [0.05, 0.1) is 6.26 Å². The van der Waals surface area contributed by atoms with Gasteiger partial charge >= 0.3 is 0 Å². The monoisotopic (exact) mass is 275 g/mol. The van der Waals surface area contributed by atoms with Crippen LogP contribution in [0.25, 0.3) is 11.5 Å². The van der Waals surface area contributed by atoms with Crippen molar-refractivity contribution in [3.63, 3.8) is 0 Å². The summed E-state index contributed by atoms with van der Waals surface area (Å²) < 4.78 is 10.3. The van der Waals surface area contributed by atoms with Crippen molar-refractivity contribution in [1.29, 1.82) is 0 Å². The molecule has 0 aliphatic heterocycles. The highest BCUT2D eigenvalue weighted by atomic mass is 32.1. The predicted molar refractivity (Wildman–Crippen MR) is 69.1 cm³/mol. The molecule has 0 aromatic carbocycles. The van der Waals surface area contributed by atoms with Gasteiger partial charge in [0.2, 0.25) is 5.76 Å². The first-order valence-corrected chi connectivity index (χ1v) is 6.32. The van der Waals surface area contributed by atoms with Gasteiger partial charge in [-0.3, -0.25) is 9.69 Å². The van der Waals surface area contributed by atoms with Gasteiger partial charge in [0.15, 0.2) is 16.6 Å². The van der Waals surface area contributed by atoms with Crippen LogP contribution < -0.4 is 4.90 Å². The van der Waals surface area contributed by atoms with E-state index in [1.807, 2.05) is 0 Å². The molecule has 1 amide bonds. The maximum Gasteiger partial charge on any atom is 0.282 e. The summed E-state index contributed by atoms with van der Waals surface area (Å²) in [7, 11) is 1.64. The standard InChI is InChI=1S/C12H9N3O3S/c1-15(12-13-4-6-19-12)11(16)8-7-10(18-14-8)9-3-2-5-17-9/h2-7H,1H3. The van der Waals surface area contributed by atoms with Gasteiger partial charge in [-0.15, -0.1) is 11.3 Å². The van der Waals surface area contributed by atoms with E-state index >= 15 is 0 Å². The van der Waals surface area contributed by atoms with Crippen molar-refractivity contribution in [3.05, 3.63) is 41.7 Å². The van der Waals surface area contributed by atoms with E-state index in [4.69, 9.17) is 8.94 Å². The van der Waals surface area contributed by atoms with Gasteiger partial charge in [0.1, 0.15) is 0 Å². The Kier molecular flexibility index (Phi) is 2.88. The lowest BCUT2D eigenvalue weighted by atomic mass is 10.3. The second kappa shape index (κ2) is 4.69. The molecule has 0 atom stereocenters. The van der Waals surface area contributed by atoms with Crippen molar-refractivity contribution >= 4 is 22.4 Å². The predicted octanol–water partition coefficient (Wildman–Crippen LogP) is 2.67. The second-order valence-corrected chi connectivity index (χ2v) is 4.61. The van der Waals surface area contributed by atoms with E-state index < -0.39 is 0 Å². The molecule has 0 spiro atoms. The molecule has 0 bridgehead atoms. The van der Waals surface area contributed by atoms with E-state index in [2.05, 4.69) is 10.1 Å². The summed E-state index contributed by atoms with van der Waals surface area (Å²) in [5.74, 6) is 0.667. The van der Waals surface area contributed by atoms with Gasteiger partial charge in [-0.25, -0.2) is 4.98 Å². The number of hydrogen-bond donors (Lipinski definition) is 0. The lowest BCUT2D eigenvalue weighted by Crippen LogP contribution is -2.26. The highest BCUT2D eigenvalue weighted by Gasteiger charge is 2.20. The summed E-state index contributed by atoms with van der Waals surface area (Å²) in [6, 6.07) is 5.02. The maximum absolute atomic E-state index is 12.2. The van der Waals surface area contributed by atoms with Gasteiger partial charge in [-0.05, 0) is 12.1 Å². The number of carbonyl (C=O) groups excluding carboxylic acids is 1. The Bertz CT molecular complexity index is 673. The zero-order valence-corrected chi connectivity index (χ0v) is 10.8. The molecular weight excluding hydrogens is 266 g/mol. The molecule has 3 aromatic heterocycles. The average Bonchev–Trinajstić information content (AvgIpc) is 3.16. The first-order chi connectivity index (χ1) is 9.25. The Morgan fingerprint density at radius 3 is 3.00 bits per heavy atom. The van der Waals surface area contributed by atoms with E-state index in [0.717, 1.165) is 0 Å². The SMILES string of the molecule is CN(C(=O)c1cc(-c2ccco2)on1)c1nccs1. The van der Waals surface area contributed by atoms with E-state index in [-0.39, 0.29) is 11.6 Å². The Morgan fingerprint density at radius 1 is 1.42 bits per heavy atom. The van der Waals surface area contributed by atoms with E-state index in [1.165, 1.54) is 22.5 Å². The van der Waals surface area contributed by atoms with Crippen molar-refractivity contribution in [2.24, 2.45) is 0 Å². The van der Waals surface area contributed by atoms with E-state index in [9.17, 15) is 4.79 Å². The summed E-state index contributed by atoms with van der Waals surface area (Å²) in [5, 5.41) is 6.16. The molecule has 0 aliphatic rings. The molecule has 0 N–H and O–H groups in total. The van der Waals surface area contributed by atoms with Crippen LogP contribution in [0.15, 0.2) is 45.0 Å². The third kappa shape index (κ3) is 2.15. The number of rotatable bonds is 3. The average molecular weight is 275 g/mol. The van der Waals surface area contributed by atoms with Crippen LogP contribution in [0.1, 0.15) is 10.5 Å². The molecule has 0 aliphatic carbocycles. The number of anilines is 1. The van der Waals surface area contributed by atoms with Crippen molar-refractivity contribution in [3.8, 4) is 11.5 Å². The molecule has 96 valence electrons. The lowest BCUT2D eigenvalue weighted by molar-refractivity contribution is 0.0984. The maximum atomic E-state index is 12.2. The molecule has 0 radical (unpaired) electrons. The minimum Gasteiger partial charge on any atom is -0.461 e. The molecule has 7 heteroatoms. The largest absolute Gasteiger partial charge is 0.461 e. The first-order valence-electron chi connectivity index (χ1n) is 5.44. The third-order valence-electron chi connectivity index (χ3n) is 2.50. The fourth-order valence-electron chi connectivity index (χ4n) is 1.55. The van der Waals surface area contributed by atoms with Crippen molar-refractivity contribution in [2.45, 2.75) is 0 Å². The topological polar surface area (TPSA) is 72.4 Å². The number of amides is 1. The highest BCUT2D eigenvalue weighted by molar-refractivity contribution is 7.13. The van der Waals surface area contributed by atoms with Crippen LogP contribution >= 0.6 is 11.3 Å². The number of carbonyl (C=O) groups is 1. The first kappa shape index (κ1) is 11.7. The van der Waals surface area contributed by atoms with Crippen LogP contribution in [0, 0.1) is 0 Å². The minimum atomic E-state index is -0.281. The number of thiazole rings is 1. The van der Waals surface area contributed by atoms with E-state index in [0.29, 0.717) is 16.7 Å². The second-order valence-electron chi connectivity index (χ2n) is 3.73. The molecule has 0 fully saturated rings. The Morgan fingerprint density at radius 2 is 2.32 bits per heavy atom. The Labute approximate surface area is 112 Å². The molecule has 0 saturated heterocycles. The fourth-order valence-corrected chi connectivity index (χ4v) is 2.16. The van der Waals surface area contributed by atoms with Crippen molar-refractivity contribution in [2.75, 3.05) is 11.9 Å². The molecule has 6 nitrogen and oxygen atoms in total. The normalized spacial score (nSPS) is 10.6. The van der Waals surface area contributed by atoms with Crippen LogP contribution in [0.2, 0.25) is 0 Å². The van der Waals surface area contributed by atoms with Crippen LogP contribution in [-0.2, 0) is 0 Å². The Balaban J connectivity index is 1.85. The third-order valence-corrected chi connectivity index (χ3v) is 3.35. The smallest absolute Gasteiger partial charge is 0.282 e. The number of nitrogens with zero attached hydrogens (tertiary/aromatic N) is 3. The minimum absolute atomic E-state index is 0.212. The molecule has 19 heavy (non-hydrogen) atoms. The molecular formula is C12H9N3O3S. The molecule has 3 aromatic rings. The van der Waals surface area contributed by atoms with Crippen LogP contribution in [0.3, 0.4) is 0 Å².